The predicted molar refractivity (Wildman–Crippen MR) is 62.8 cm³/mol. The summed E-state index contributed by atoms with van der Waals surface area (Å²) in [4.78, 5) is 13.8. The molecule has 1 heterocycles. The molecule has 0 aromatic rings. The highest BCUT2D eigenvalue weighted by atomic mass is 16.2. The first-order chi connectivity index (χ1) is 7.27. The number of nitrogens with one attached hydrogen (secondary N) is 1. The van der Waals surface area contributed by atoms with Gasteiger partial charge in [-0.25, -0.2) is 0 Å². The number of hydrogen-bond donors (Lipinski definition) is 1. The zero-order valence-electron chi connectivity index (χ0n) is 10.1. The molecule has 0 aromatic carbocycles. The van der Waals surface area contributed by atoms with Crippen molar-refractivity contribution < 1.29 is 4.79 Å². The van der Waals surface area contributed by atoms with Gasteiger partial charge in [0.1, 0.15) is 0 Å². The highest BCUT2D eigenvalue weighted by molar-refractivity contribution is 5.76. The van der Waals surface area contributed by atoms with Crippen LogP contribution < -0.4 is 5.32 Å². The average Bonchev–Trinajstić information content (AvgIpc) is 2.40. The fourth-order valence-electron chi connectivity index (χ4n) is 2.27. The first-order valence-corrected chi connectivity index (χ1v) is 6.20. The number of hydrogen-bond acceptors (Lipinski definition) is 2. The molecule has 1 saturated heterocycles. The van der Waals surface area contributed by atoms with Gasteiger partial charge in [-0.1, -0.05) is 19.8 Å². The summed E-state index contributed by atoms with van der Waals surface area (Å²) in [7, 11) is 1.93. The van der Waals surface area contributed by atoms with Gasteiger partial charge in [0, 0.05) is 26.1 Å². The van der Waals surface area contributed by atoms with E-state index in [2.05, 4.69) is 12.2 Å². The van der Waals surface area contributed by atoms with Crippen LogP contribution in [0.2, 0.25) is 0 Å². The van der Waals surface area contributed by atoms with Crippen LogP contribution in [0.3, 0.4) is 0 Å². The molecule has 0 radical (unpaired) electrons. The van der Waals surface area contributed by atoms with Gasteiger partial charge in [-0.05, 0) is 25.8 Å². The van der Waals surface area contributed by atoms with E-state index in [-0.39, 0.29) is 0 Å². The highest BCUT2D eigenvalue weighted by Gasteiger charge is 2.21. The average molecular weight is 212 g/mol. The topological polar surface area (TPSA) is 32.3 Å². The first kappa shape index (κ1) is 12.5. The van der Waals surface area contributed by atoms with Gasteiger partial charge in [-0.15, -0.1) is 0 Å². The van der Waals surface area contributed by atoms with Crippen LogP contribution in [0.1, 0.15) is 39.0 Å². The van der Waals surface area contributed by atoms with Crippen molar-refractivity contribution in [2.45, 2.75) is 39.0 Å². The van der Waals surface area contributed by atoms with Crippen molar-refractivity contribution in [1.29, 1.82) is 0 Å². The molecule has 15 heavy (non-hydrogen) atoms. The lowest BCUT2D eigenvalue weighted by Crippen LogP contribution is -2.35. The summed E-state index contributed by atoms with van der Waals surface area (Å²) in [6, 6.07) is 0. The third-order valence-corrected chi connectivity index (χ3v) is 3.26. The Bertz CT molecular complexity index is 194. The zero-order valence-corrected chi connectivity index (χ0v) is 10.1. The van der Waals surface area contributed by atoms with E-state index in [9.17, 15) is 4.79 Å². The Kier molecular flexibility index (Phi) is 5.69. The van der Waals surface area contributed by atoms with Gasteiger partial charge in [0.2, 0.25) is 5.91 Å². The molecule has 1 aliphatic heterocycles. The van der Waals surface area contributed by atoms with Crippen molar-refractivity contribution in [3.05, 3.63) is 0 Å². The van der Waals surface area contributed by atoms with Gasteiger partial charge < -0.3 is 10.2 Å². The lowest BCUT2D eigenvalue weighted by Gasteiger charge is -2.20. The molecule has 1 atom stereocenters. The summed E-state index contributed by atoms with van der Waals surface area (Å²) in [6.07, 6.45) is 5.59. The summed E-state index contributed by atoms with van der Waals surface area (Å²) < 4.78 is 0. The Morgan fingerprint density at radius 2 is 2.27 bits per heavy atom. The Labute approximate surface area is 93.2 Å². The molecule has 1 rings (SSSR count). The van der Waals surface area contributed by atoms with Crippen LogP contribution in [0.15, 0.2) is 0 Å². The molecule has 1 amide bonds. The smallest absolute Gasteiger partial charge is 0.222 e. The molecule has 0 aromatic heterocycles. The van der Waals surface area contributed by atoms with Crippen LogP contribution in [0.4, 0.5) is 0 Å². The molecule has 88 valence electrons. The van der Waals surface area contributed by atoms with Gasteiger partial charge >= 0.3 is 0 Å². The van der Waals surface area contributed by atoms with Crippen LogP contribution in [0.25, 0.3) is 0 Å². The number of carbonyl (C=O) groups is 1. The van der Waals surface area contributed by atoms with E-state index in [1.54, 1.807) is 0 Å². The molecule has 1 aliphatic rings. The Balaban J connectivity index is 2.37. The first-order valence-electron chi connectivity index (χ1n) is 6.20. The molecular formula is C12H24N2O. The van der Waals surface area contributed by atoms with E-state index in [1.807, 2.05) is 11.9 Å². The summed E-state index contributed by atoms with van der Waals surface area (Å²) in [5.41, 5.74) is 0. The van der Waals surface area contributed by atoms with Crippen LogP contribution in [0, 0.1) is 5.92 Å². The second kappa shape index (κ2) is 6.83. The van der Waals surface area contributed by atoms with Gasteiger partial charge in [0.25, 0.3) is 0 Å². The molecule has 0 spiro atoms. The standard InChI is InChI=1S/C12H24N2O/c1-3-4-11-5-6-12(15)14(9-7-11)10-8-13-2/h11,13H,3-10H2,1-2H3. The molecule has 0 saturated carbocycles. The summed E-state index contributed by atoms with van der Waals surface area (Å²) in [5.74, 6) is 1.13. The maximum absolute atomic E-state index is 11.8. The molecule has 0 bridgehead atoms. The molecular weight excluding hydrogens is 188 g/mol. The lowest BCUT2D eigenvalue weighted by atomic mass is 9.96. The minimum absolute atomic E-state index is 0.351. The lowest BCUT2D eigenvalue weighted by molar-refractivity contribution is -0.130. The van der Waals surface area contributed by atoms with Crippen molar-refractivity contribution in [3.63, 3.8) is 0 Å². The van der Waals surface area contributed by atoms with E-state index in [1.165, 1.54) is 19.3 Å². The molecule has 3 nitrogen and oxygen atoms in total. The second-order valence-corrected chi connectivity index (χ2v) is 4.47. The van der Waals surface area contributed by atoms with E-state index in [4.69, 9.17) is 0 Å². The highest BCUT2D eigenvalue weighted by Crippen LogP contribution is 2.22. The van der Waals surface area contributed by atoms with E-state index in [0.717, 1.165) is 38.4 Å². The predicted octanol–water partition coefficient (Wildman–Crippen LogP) is 1.63. The van der Waals surface area contributed by atoms with Crippen LogP contribution in [0.5, 0.6) is 0 Å². The van der Waals surface area contributed by atoms with Crippen molar-refractivity contribution >= 4 is 5.91 Å². The molecule has 1 N–H and O–H groups in total. The molecule has 3 heteroatoms. The van der Waals surface area contributed by atoms with Crippen molar-refractivity contribution in [2.24, 2.45) is 5.92 Å². The number of nitrogens with zero attached hydrogens (tertiary/aromatic N) is 1. The number of likely N-dealkylation sites (tertiary alicyclic amines) is 1. The van der Waals surface area contributed by atoms with Crippen molar-refractivity contribution in [3.8, 4) is 0 Å². The largest absolute Gasteiger partial charge is 0.341 e. The normalized spacial score (nSPS) is 22.9. The third kappa shape index (κ3) is 4.20. The monoisotopic (exact) mass is 212 g/mol. The Morgan fingerprint density at radius 3 is 2.93 bits per heavy atom. The maximum atomic E-state index is 11.8. The van der Waals surface area contributed by atoms with Gasteiger partial charge in [0.05, 0.1) is 0 Å². The Hall–Kier alpha value is -0.570. The van der Waals surface area contributed by atoms with Crippen molar-refractivity contribution in [1.82, 2.24) is 10.2 Å². The number of amides is 1. The SMILES string of the molecule is CCCC1CCC(=O)N(CCNC)CC1. The fraction of sp³-hybridized carbons (Fsp3) is 0.917. The summed E-state index contributed by atoms with van der Waals surface area (Å²) in [6.45, 7) is 4.97. The van der Waals surface area contributed by atoms with Gasteiger partial charge in [-0.3, -0.25) is 4.79 Å². The minimum Gasteiger partial charge on any atom is -0.341 e. The Morgan fingerprint density at radius 1 is 1.47 bits per heavy atom. The van der Waals surface area contributed by atoms with Crippen LogP contribution in [-0.4, -0.2) is 37.5 Å². The zero-order chi connectivity index (χ0) is 11.1. The maximum Gasteiger partial charge on any atom is 0.222 e. The van der Waals surface area contributed by atoms with Crippen LogP contribution in [-0.2, 0) is 4.79 Å². The number of likely N-dealkylation sites (N-methyl/N-ethyl adjacent to an activating group) is 1. The van der Waals surface area contributed by atoms with Gasteiger partial charge in [-0.2, -0.15) is 0 Å². The quantitative estimate of drug-likeness (QED) is 0.751. The number of rotatable bonds is 5. The molecule has 0 aliphatic carbocycles. The fourth-order valence-corrected chi connectivity index (χ4v) is 2.27. The number of carbonyl (C=O) groups excluding carboxylic acids is 1. The van der Waals surface area contributed by atoms with Gasteiger partial charge in [0.15, 0.2) is 0 Å². The van der Waals surface area contributed by atoms with E-state index >= 15 is 0 Å². The van der Waals surface area contributed by atoms with E-state index in [0.29, 0.717) is 5.91 Å². The van der Waals surface area contributed by atoms with E-state index < -0.39 is 0 Å². The molecule has 1 fully saturated rings. The second-order valence-electron chi connectivity index (χ2n) is 4.47. The third-order valence-electron chi connectivity index (χ3n) is 3.26. The molecule has 1 unspecified atom stereocenters. The van der Waals surface area contributed by atoms with Crippen molar-refractivity contribution in [2.75, 3.05) is 26.7 Å². The summed E-state index contributed by atoms with van der Waals surface area (Å²) >= 11 is 0. The summed E-state index contributed by atoms with van der Waals surface area (Å²) in [5, 5.41) is 3.10. The van der Waals surface area contributed by atoms with Crippen LogP contribution >= 0.6 is 0 Å². The minimum atomic E-state index is 0.351.